The highest BCUT2D eigenvalue weighted by Crippen LogP contribution is 2.12. The number of nitrogens with one attached hydrogen (secondary N) is 1. The molecule has 0 radical (unpaired) electrons. The standard InChI is InChI=1S/C15H33N3/c1-4-6-11-18(5-2)13-12-17(3)14-15-7-9-16-10-8-15/h15-16H,4-14H2,1-3H3. The van der Waals surface area contributed by atoms with Crippen molar-refractivity contribution in [3.63, 3.8) is 0 Å². The molecular weight excluding hydrogens is 222 g/mol. The minimum Gasteiger partial charge on any atom is -0.317 e. The number of nitrogens with zero attached hydrogens (tertiary/aromatic N) is 2. The Morgan fingerprint density at radius 1 is 1.06 bits per heavy atom. The first kappa shape index (κ1) is 15.9. The monoisotopic (exact) mass is 255 g/mol. The minimum atomic E-state index is 0.918. The van der Waals surface area contributed by atoms with E-state index in [0.717, 1.165) is 5.92 Å². The number of piperidine rings is 1. The molecule has 1 aliphatic heterocycles. The summed E-state index contributed by atoms with van der Waals surface area (Å²) in [4.78, 5) is 5.12. The molecule has 18 heavy (non-hydrogen) atoms. The number of hydrogen-bond acceptors (Lipinski definition) is 3. The molecular formula is C15H33N3. The molecule has 0 atom stereocenters. The van der Waals surface area contributed by atoms with Gasteiger partial charge in [-0.3, -0.25) is 0 Å². The molecule has 1 rings (SSSR count). The highest BCUT2D eigenvalue weighted by molar-refractivity contribution is 4.71. The molecule has 0 aromatic heterocycles. The van der Waals surface area contributed by atoms with Gasteiger partial charge in [-0.05, 0) is 58.4 Å². The van der Waals surface area contributed by atoms with Crippen LogP contribution in [0.15, 0.2) is 0 Å². The van der Waals surface area contributed by atoms with Gasteiger partial charge in [-0.1, -0.05) is 20.3 Å². The average molecular weight is 255 g/mol. The van der Waals surface area contributed by atoms with Gasteiger partial charge < -0.3 is 15.1 Å². The molecule has 1 heterocycles. The van der Waals surface area contributed by atoms with E-state index in [-0.39, 0.29) is 0 Å². The third-order valence-corrected chi connectivity index (χ3v) is 4.10. The Morgan fingerprint density at radius 3 is 2.39 bits per heavy atom. The predicted molar refractivity (Wildman–Crippen MR) is 80.1 cm³/mol. The summed E-state index contributed by atoms with van der Waals surface area (Å²) >= 11 is 0. The fourth-order valence-electron chi connectivity index (χ4n) is 2.72. The van der Waals surface area contributed by atoms with E-state index in [9.17, 15) is 0 Å². The van der Waals surface area contributed by atoms with Gasteiger partial charge in [0, 0.05) is 19.6 Å². The Morgan fingerprint density at radius 2 is 1.78 bits per heavy atom. The van der Waals surface area contributed by atoms with Crippen LogP contribution in [0.5, 0.6) is 0 Å². The van der Waals surface area contributed by atoms with Crippen LogP contribution in [-0.2, 0) is 0 Å². The fraction of sp³-hybridized carbons (Fsp3) is 1.00. The molecule has 3 heteroatoms. The summed E-state index contributed by atoms with van der Waals surface area (Å²) in [5, 5.41) is 3.44. The van der Waals surface area contributed by atoms with E-state index in [0.29, 0.717) is 0 Å². The van der Waals surface area contributed by atoms with Crippen LogP contribution in [0.1, 0.15) is 39.5 Å². The zero-order valence-corrected chi connectivity index (χ0v) is 12.7. The SMILES string of the molecule is CCCCN(CC)CCN(C)CC1CCNCC1. The molecule has 0 bridgehead atoms. The van der Waals surface area contributed by atoms with Crippen LogP contribution in [0.3, 0.4) is 0 Å². The molecule has 108 valence electrons. The van der Waals surface area contributed by atoms with Crippen molar-refractivity contribution in [2.24, 2.45) is 5.92 Å². The lowest BCUT2D eigenvalue weighted by atomic mass is 9.98. The lowest BCUT2D eigenvalue weighted by Crippen LogP contribution is -2.38. The Labute approximate surface area is 114 Å². The van der Waals surface area contributed by atoms with E-state index in [1.54, 1.807) is 0 Å². The van der Waals surface area contributed by atoms with E-state index < -0.39 is 0 Å². The van der Waals surface area contributed by atoms with Gasteiger partial charge in [0.05, 0.1) is 0 Å². The summed E-state index contributed by atoms with van der Waals surface area (Å²) in [6.07, 6.45) is 5.36. The summed E-state index contributed by atoms with van der Waals surface area (Å²) in [7, 11) is 2.29. The number of likely N-dealkylation sites (N-methyl/N-ethyl adjacent to an activating group) is 2. The molecule has 0 unspecified atom stereocenters. The topological polar surface area (TPSA) is 18.5 Å². The zero-order chi connectivity index (χ0) is 13.2. The van der Waals surface area contributed by atoms with Gasteiger partial charge in [0.2, 0.25) is 0 Å². The van der Waals surface area contributed by atoms with Crippen molar-refractivity contribution < 1.29 is 0 Å². The quantitative estimate of drug-likeness (QED) is 0.680. The number of rotatable bonds is 9. The molecule has 0 amide bonds. The van der Waals surface area contributed by atoms with Crippen molar-refractivity contribution in [2.75, 3.05) is 52.9 Å². The van der Waals surface area contributed by atoms with E-state index in [4.69, 9.17) is 0 Å². The molecule has 1 N–H and O–H groups in total. The smallest absolute Gasteiger partial charge is 0.0109 e. The lowest BCUT2D eigenvalue weighted by molar-refractivity contribution is 0.198. The summed E-state index contributed by atoms with van der Waals surface area (Å²) < 4.78 is 0. The molecule has 1 fully saturated rings. The van der Waals surface area contributed by atoms with Gasteiger partial charge in [0.25, 0.3) is 0 Å². The predicted octanol–water partition coefficient (Wildman–Crippen LogP) is 2.04. The van der Waals surface area contributed by atoms with E-state index in [1.807, 2.05) is 0 Å². The van der Waals surface area contributed by atoms with Crippen LogP contribution in [0.4, 0.5) is 0 Å². The highest BCUT2D eigenvalue weighted by Gasteiger charge is 2.15. The van der Waals surface area contributed by atoms with Gasteiger partial charge in [-0.25, -0.2) is 0 Å². The number of unbranched alkanes of at least 4 members (excludes halogenated alkanes) is 1. The normalized spacial score (nSPS) is 17.8. The second-order valence-corrected chi connectivity index (χ2v) is 5.74. The first-order valence-corrected chi connectivity index (χ1v) is 7.87. The van der Waals surface area contributed by atoms with Gasteiger partial charge >= 0.3 is 0 Å². The second kappa shape index (κ2) is 9.76. The van der Waals surface area contributed by atoms with Gasteiger partial charge in [-0.15, -0.1) is 0 Å². The summed E-state index contributed by atoms with van der Waals surface area (Å²) in [5.41, 5.74) is 0. The van der Waals surface area contributed by atoms with Crippen LogP contribution in [0.2, 0.25) is 0 Å². The first-order chi connectivity index (χ1) is 8.76. The molecule has 0 spiro atoms. The van der Waals surface area contributed by atoms with Crippen molar-refractivity contribution in [2.45, 2.75) is 39.5 Å². The molecule has 0 aromatic carbocycles. The van der Waals surface area contributed by atoms with Crippen molar-refractivity contribution in [3.05, 3.63) is 0 Å². The summed E-state index contributed by atoms with van der Waals surface area (Å²) in [6, 6.07) is 0. The Balaban J connectivity index is 2.11. The minimum absolute atomic E-state index is 0.918. The molecule has 1 aliphatic rings. The largest absolute Gasteiger partial charge is 0.317 e. The maximum Gasteiger partial charge on any atom is 0.0109 e. The molecule has 1 saturated heterocycles. The Hall–Kier alpha value is -0.120. The van der Waals surface area contributed by atoms with Crippen LogP contribution in [-0.4, -0.2) is 62.7 Å². The van der Waals surface area contributed by atoms with E-state index >= 15 is 0 Å². The van der Waals surface area contributed by atoms with Gasteiger partial charge in [0.15, 0.2) is 0 Å². The third-order valence-electron chi connectivity index (χ3n) is 4.10. The highest BCUT2D eigenvalue weighted by atomic mass is 15.2. The van der Waals surface area contributed by atoms with Crippen molar-refractivity contribution >= 4 is 0 Å². The molecule has 0 aromatic rings. The van der Waals surface area contributed by atoms with Crippen molar-refractivity contribution in [3.8, 4) is 0 Å². The van der Waals surface area contributed by atoms with E-state index in [2.05, 4.69) is 36.0 Å². The summed E-state index contributed by atoms with van der Waals surface area (Å²) in [5.74, 6) is 0.918. The van der Waals surface area contributed by atoms with Crippen LogP contribution in [0.25, 0.3) is 0 Å². The zero-order valence-electron chi connectivity index (χ0n) is 12.7. The Kier molecular flexibility index (Phi) is 8.64. The average Bonchev–Trinajstić information content (AvgIpc) is 2.40. The van der Waals surface area contributed by atoms with Crippen molar-refractivity contribution in [1.82, 2.24) is 15.1 Å². The number of hydrogen-bond donors (Lipinski definition) is 1. The van der Waals surface area contributed by atoms with Crippen LogP contribution >= 0.6 is 0 Å². The first-order valence-electron chi connectivity index (χ1n) is 7.87. The second-order valence-electron chi connectivity index (χ2n) is 5.74. The van der Waals surface area contributed by atoms with Gasteiger partial charge in [-0.2, -0.15) is 0 Å². The fourth-order valence-corrected chi connectivity index (χ4v) is 2.72. The molecule has 0 aliphatic carbocycles. The van der Waals surface area contributed by atoms with Gasteiger partial charge in [0.1, 0.15) is 0 Å². The Bertz CT molecular complexity index is 190. The maximum absolute atomic E-state index is 3.44. The van der Waals surface area contributed by atoms with Crippen molar-refractivity contribution in [1.29, 1.82) is 0 Å². The molecule has 0 saturated carbocycles. The van der Waals surface area contributed by atoms with E-state index in [1.165, 1.54) is 71.5 Å². The summed E-state index contributed by atoms with van der Waals surface area (Å²) in [6.45, 7) is 13.2. The molecule has 3 nitrogen and oxygen atoms in total. The van der Waals surface area contributed by atoms with Crippen LogP contribution in [0, 0.1) is 5.92 Å². The maximum atomic E-state index is 3.44. The third kappa shape index (κ3) is 6.72. The van der Waals surface area contributed by atoms with Crippen LogP contribution < -0.4 is 5.32 Å². The lowest BCUT2D eigenvalue weighted by Gasteiger charge is -2.29.